The van der Waals surface area contributed by atoms with Crippen molar-refractivity contribution in [3.05, 3.63) is 65.5 Å². The molecule has 0 radical (unpaired) electrons. The van der Waals surface area contributed by atoms with E-state index in [0.29, 0.717) is 12.3 Å². The van der Waals surface area contributed by atoms with Gasteiger partial charge in [0.2, 0.25) is 5.91 Å². The van der Waals surface area contributed by atoms with E-state index in [0.717, 1.165) is 22.6 Å². The molecule has 0 saturated heterocycles. The average molecular weight is 319 g/mol. The van der Waals surface area contributed by atoms with Gasteiger partial charge in [-0.15, -0.1) is 11.8 Å². The summed E-state index contributed by atoms with van der Waals surface area (Å²) in [5.74, 6) is 1.61. The van der Waals surface area contributed by atoms with E-state index in [2.05, 4.69) is 5.32 Å². The van der Waals surface area contributed by atoms with E-state index in [-0.39, 0.29) is 11.7 Å². The Hall–Kier alpha value is -2.01. The first-order valence-corrected chi connectivity index (χ1v) is 8.04. The highest BCUT2D eigenvalue weighted by Gasteiger charge is 2.03. The van der Waals surface area contributed by atoms with Gasteiger partial charge in [-0.3, -0.25) is 4.79 Å². The lowest BCUT2D eigenvalue weighted by atomic mass is 10.2. The highest BCUT2D eigenvalue weighted by molar-refractivity contribution is 7.99. The van der Waals surface area contributed by atoms with Crippen molar-refractivity contribution in [3.63, 3.8) is 0 Å². The maximum Gasteiger partial charge on any atom is 0.230 e. The standard InChI is InChI=1S/C17H18FNO2S/c1-21-16-7-5-13(6-8-16)11-22-12-17(20)19-10-14-3-2-4-15(18)9-14/h2-9H,10-12H2,1H3,(H,19,20). The van der Waals surface area contributed by atoms with Gasteiger partial charge in [0, 0.05) is 12.3 Å². The molecule has 2 rings (SSSR count). The zero-order chi connectivity index (χ0) is 15.8. The molecule has 2 aromatic rings. The lowest BCUT2D eigenvalue weighted by molar-refractivity contribution is -0.118. The first-order chi connectivity index (χ1) is 10.7. The van der Waals surface area contributed by atoms with Crippen LogP contribution in [0.2, 0.25) is 0 Å². The summed E-state index contributed by atoms with van der Waals surface area (Å²) >= 11 is 1.54. The number of carbonyl (C=O) groups excluding carboxylic acids is 1. The molecule has 0 saturated carbocycles. The lowest BCUT2D eigenvalue weighted by Gasteiger charge is -2.06. The van der Waals surface area contributed by atoms with Crippen molar-refractivity contribution in [1.82, 2.24) is 5.32 Å². The van der Waals surface area contributed by atoms with Crippen LogP contribution in [0.3, 0.4) is 0 Å². The van der Waals surface area contributed by atoms with Crippen molar-refractivity contribution < 1.29 is 13.9 Å². The SMILES string of the molecule is COc1ccc(CSCC(=O)NCc2cccc(F)c2)cc1. The van der Waals surface area contributed by atoms with Crippen LogP contribution in [0.25, 0.3) is 0 Å². The Bertz CT molecular complexity index is 616. The highest BCUT2D eigenvalue weighted by Crippen LogP contribution is 2.16. The van der Waals surface area contributed by atoms with Crippen LogP contribution in [0.15, 0.2) is 48.5 Å². The summed E-state index contributed by atoms with van der Waals surface area (Å²) in [5, 5.41) is 2.78. The summed E-state index contributed by atoms with van der Waals surface area (Å²) in [4.78, 5) is 11.7. The van der Waals surface area contributed by atoms with E-state index in [4.69, 9.17) is 4.74 Å². The Kier molecular flexibility index (Phi) is 6.27. The van der Waals surface area contributed by atoms with Crippen LogP contribution in [0.4, 0.5) is 4.39 Å². The first kappa shape index (κ1) is 16.4. The smallest absolute Gasteiger partial charge is 0.230 e. The van der Waals surface area contributed by atoms with Crippen molar-refractivity contribution in [3.8, 4) is 5.75 Å². The Balaban J connectivity index is 1.69. The van der Waals surface area contributed by atoms with Crippen LogP contribution in [-0.4, -0.2) is 18.8 Å². The van der Waals surface area contributed by atoms with Crippen molar-refractivity contribution in [1.29, 1.82) is 0 Å². The third-order valence-corrected chi connectivity index (χ3v) is 4.04. The predicted octanol–water partition coefficient (Wildman–Crippen LogP) is 3.38. The largest absolute Gasteiger partial charge is 0.497 e. The molecule has 2 aromatic carbocycles. The quantitative estimate of drug-likeness (QED) is 0.850. The molecule has 0 bridgehead atoms. The van der Waals surface area contributed by atoms with Gasteiger partial charge >= 0.3 is 0 Å². The molecule has 0 aliphatic rings. The van der Waals surface area contributed by atoms with Gasteiger partial charge in [0.05, 0.1) is 12.9 Å². The molecule has 3 nitrogen and oxygen atoms in total. The van der Waals surface area contributed by atoms with E-state index in [1.165, 1.54) is 23.9 Å². The van der Waals surface area contributed by atoms with Crippen LogP contribution in [0, 0.1) is 5.82 Å². The highest BCUT2D eigenvalue weighted by atomic mass is 32.2. The Labute approximate surface area is 133 Å². The van der Waals surface area contributed by atoms with Gasteiger partial charge in [0.25, 0.3) is 0 Å². The first-order valence-electron chi connectivity index (χ1n) is 6.89. The zero-order valence-corrected chi connectivity index (χ0v) is 13.2. The van der Waals surface area contributed by atoms with E-state index in [1.54, 1.807) is 19.2 Å². The molecule has 1 amide bonds. The van der Waals surface area contributed by atoms with Gasteiger partial charge < -0.3 is 10.1 Å². The Morgan fingerprint density at radius 3 is 2.64 bits per heavy atom. The Morgan fingerprint density at radius 1 is 1.18 bits per heavy atom. The van der Waals surface area contributed by atoms with Gasteiger partial charge in [-0.25, -0.2) is 4.39 Å². The fourth-order valence-electron chi connectivity index (χ4n) is 1.88. The number of rotatable bonds is 7. The summed E-state index contributed by atoms with van der Waals surface area (Å²) in [6, 6.07) is 14.0. The minimum Gasteiger partial charge on any atom is -0.497 e. The number of benzene rings is 2. The normalized spacial score (nSPS) is 10.3. The monoisotopic (exact) mass is 319 g/mol. The van der Waals surface area contributed by atoms with E-state index >= 15 is 0 Å². The summed E-state index contributed by atoms with van der Waals surface area (Å²) < 4.78 is 18.1. The van der Waals surface area contributed by atoms with Gasteiger partial charge in [-0.1, -0.05) is 24.3 Å². The van der Waals surface area contributed by atoms with E-state index in [9.17, 15) is 9.18 Å². The van der Waals surface area contributed by atoms with Gasteiger partial charge in [0.15, 0.2) is 0 Å². The molecule has 0 fully saturated rings. The number of hydrogen-bond acceptors (Lipinski definition) is 3. The molecule has 5 heteroatoms. The van der Waals surface area contributed by atoms with Crippen LogP contribution in [-0.2, 0) is 17.1 Å². The topological polar surface area (TPSA) is 38.3 Å². The molecule has 116 valence electrons. The number of thioether (sulfide) groups is 1. The maximum atomic E-state index is 13.0. The van der Waals surface area contributed by atoms with Crippen LogP contribution < -0.4 is 10.1 Å². The lowest BCUT2D eigenvalue weighted by Crippen LogP contribution is -2.24. The maximum absolute atomic E-state index is 13.0. The molecule has 0 atom stereocenters. The fourth-order valence-corrected chi connectivity index (χ4v) is 2.70. The second kappa shape index (κ2) is 8.44. The molecular formula is C17H18FNO2S. The van der Waals surface area contributed by atoms with Crippen molar-refractivity contribution in [2.75, 3.05) is 12.9 Å². The summed E-state index contributed by atoms with van der Waals surface area (Å²) in [5.41, 5.74) is 1.90. The molecule has 0 aromatic heterocycles. The van der Waals surface area contributed by atoms with Gasteiger partial charge in [-0.2, -0.15) is 0 Å². The number of nitrogens with one attached hydrogen (secondary N) is 1. The number of carbonyl (C=O) groups is 1. The summed E-state index contributed by atoms with van der Waals surface area (Å²) in [6.45, 7) is 0.347. The summed E-state index contributed by atoms with van der Waals surface area (Å²) in [6.07, 6.45) is 0. The van der Waals surface area contributed by atoms with Gasteiger partial charge in [0.1, 0.15) is 11.6 Å². The van der Waals surface area contributed by atoms with Crippen LogP contribution >= 0.6 is 11.8 Å². The third-order valence-electron chi connectivity index (χ3n) is 3.04. The minimum atomic E-state index is -0.291. The van der Waals surface area contributed by atoms with E-state index < -0.39 is 0 Å². The number of amides is 1. The molecule has 0 aliphatic carbocycles. The zero-order valence-electron chi connectivity index (χ0n) is 12.3. The molecular weight excluding hydrogens is 301 g/mol. The second-order valence-electron chi connectivity index (χ2n) is 4.75. The number of methoxy groups -OCH3 is 1. The third kappa shape index (κ3) is 5.41. The van der Waals surface area contributed by atoms with Gasteiger partial charge in [-0.05, 0) is 35.4 Å². The number of hydrogen-bond donors (Lipinski definition) is 1. The number of ether oxygens (including phenoxy) is 1. The van der Waals surface area contributed by atoms with Crippen molar-refractivity contribution in [2.24, 2.45) is 0 Å². The predicted molar refractivity (Wildman–Crippen MR) is 87.4 cm³/mol. The fraction of sp³-hybridized carbons (Fsp3) is 0.235. The molecule has 22 heavy (non-hydrogen) atoms. The molecule has 0 spiro atoms. The van der Waals surface area contributed by atoms with Crippen LogP contribution in [0.1, 0.15) is 11.1 Å². The molecule has 0 heterocycles. The second-order valence-corrected chi connectivity index (χ2v) is 5.73. The van der Waals surface area contributed by atoms with Crippen LogP contribution in [0.5, 0.6) is 5.75 Å². The van der Waals surface area contributed by atoms with Crippen molar-refractivity contribution >= 4 is 17.7 Å². The average Bonchev–Trinajstić information content (AvgIpc) is 2.54. The Morgan fingerprint density at radius 2 is 1.95 bits per heavy atom. The summed E-state index contributed by atoms with van der Waals surface area (Å²) in [7, 11) is 1.63. The number of halogens is 1. The molecule has 0 aliphatic heterocycles. The molecule has 0 unspecified atom stereocenters. The minimum absolute atomic E-state index is 0.0530. The van der Waals surface area contributed by atoms with E-state index in [1.807, 2.05) is 24.3 Å². The molecule has 1 N–H and O–H groups in total. The van der Waals surface area contributed by atoms with Crippen molar-refractivity contribution in [2.45, 2.75) is 12.3 Å².